The van der Waals surface area contributed by atoms with Gasteiger partial charge in [-0.2, -0.15) is 0 Å². The van der Waals surface area contributed by atoms with Gasteiger partial charge in [0.1, 0.15) is 6.61 Å². The number of esters is 2. The Labute approximate surface area is 145 Å². The summed E-state index contributed by atoms with van der Waals surface area (Å²) in [4.78, 5) is 35.2. The molecule has 0 aromatic heterocycles. The molecule has 6 heteroatoms. The number of hydrogen-bond donors (Lipinski definition) is 1. The van der Waals surface area contributed by atoms with Gasteiger partial charge in [-0.05, 0) is 38.1 Å². The molecule has 0 aliphatic heterocycles. The number of rotatable bonds is 6. The zero-order chi connectivity index (χ0) is 18.4. The van der Waals surface area contributed by atoms with E-state index in [4.69, 9.17) is 14.6 Å². The Morgan fingerprint density at radius 3 is 1.72 bits per heavy atom. The van der Waals surface area contributed by atoms with E-state index >= 15 is 0 Å². The van der Waals surface area contributed by atoms with Gasteiger partial charge in [0.2, 0.25) is 6.10 Å². The van der Waals surface area contributed by atoms with Crippen molar-refractivity contribution in [3.63, 3.8) is 0 Å². The van der Waals surface area contributed by atoms with Crippen LogP contribution in [0.15, 0.2) is 48.5 Å². The number of carbonyl (C=O) groups excluding carboxylic acids is 2. The largest absolute Gasteiger partial charge is 0.478 e. The number of aliphatic carboxylic acids is 1. The van der Waals surface area contributed by atoms with Crippen LogP contribution in [-0.4, -0.2) is 35.7 Å². The summed E-state index contributed by atoms with van der Waals surface area (Å²) in [6.07, 6.45) is -1.58. The monoisotopic (exact) mass is 342 g/mol. The van der Waals surface area contributed by atoms with Crippen molar-refractivity contribution in [1.29, 1.82) is 0 Å². The third kappa shape index (κ3) is 5.17. The van der Waals surface area contributed by atoms with Gasteiger partial charge >= 0.3 is 17.9 Å². The molecule has 0 aliphatic rings. The van der Waals surface area contributed by atoms with Gasteiger partial charge in [0.05, 0.1) is 11.1 Å². The quantitative estimate of drug-likeness (QED) is 0.812. The lowest BCUT2D eigenvalue weighted by Crippen LogP contribution is -2.32. The summed E-state index contributed by atoms with van der Waals surface area (Å²) in [5.74, 6) is -2.87. The van der Waals surface area contributed by atoms with Gasteiger partial charge in [0.15, 0.2) is 0 Å². The van der Waals surface area contributed by atoms with Crippen LogP contribution >= 0.6 is 0 Å². The molecule has 0 saturated heterocycles. The minimum atomic E-state index is -1.58. The summed E-state index contributed by atoms with van der Waals surface area (Å²) >= 11 is 0. The fraction of sp³-hybridized carbons (Fsp3) is 0.211. The fourth-order valence-electron chi connectivity index (χ4n) is 1.97. The minimum absolute atomic E-state index is 0.224. The highest BCUT2D eigenvalue weighted by Gasteiger charge is 2.25. The van der Waals surface area contributed by atoms with Gasteiger partial charge in [-0.3, -0.25) is 0 Å². The molecule has 0 fully saturated rings. The van der Waals surface area contributed by atoms with E-state index in [1.54, 1.807) is 36.4 Å². The average molecular weight is 342 g/mol. The molecule has 2 rings (SSSR count). The lowest BCUT2D eigenvalue weighted by molar-refractivity contribution is -0.149. The van der Waals surface area contributed by atoms with E-state index in [-0.39, 0.29) is 5.56 Å². The van der Waals surface area contributed by atoms with Crippen LogP contribution in [0.2, 0.25) is 0 Å². The van der Waals surface area contributed by atoms with Crippen molar-refractivity contribution < 1.29 is 29.0 Å². The van der Waals surface area contributed by atoms with Crippen molar-refractivity contribution in [2.45, 2.75) is 20.0 Å². The number of aryl methyl sites for hydroxylation is 2. The summed E-state index contributed by atoms with van der Waals surface area (Å²) in [5.41, 5.74) is 2.45. The van der Waals surface area contributed by atoms with Gasteiger partial charge in [-0.15, -0.1) is 0 Å². The first kappa shape index (κ1) is 18.2. The standard InChI is InChI=1S/C19H18O6/c1-12-3-7-14(8-4-12)18(22)24-11-16(17(20)21)25-19(23)15-9-5-13(2)6-10-15/h3-10,16H,11H2,1-2H3,(H,20,21). The highest BCUT2D eigenvalue weighted by atomic mass is 16.6. The number of benzene rings is 2. The van der Waals surface area contributed by atoms with Crippen LogP contribution in [0.5, 0.6) is 0 Å². The van der Waals surface area contributed by atoms with E-state index in [9.17, 15) is 14.4 Å². The van der Waals surface area contributed by atoms with Crippen LogP contribution in [0.1, 0.15) is 31.8 Å². The second kappa shape index (κ2) is 8.10. The Kier molecular flexibility index (Phi) is 5.89. The molecule has 130 valence electrons. The number of hydrogen-bond acceptors (Lipinski definition) is 5. The number of carbonyl (C=O) groups is 3. The highest BCUT2D eigenvalue weighted by Crippen LogP contribution is 2.09. The molecule has 0 heterocycles. The Bertz CT molecular complexity index is 762. The van der Waals surface area contributed by atoms with Gasteiger partial charge in [-0.25, -0.2) is 14.4 Å². The summed E-state index contributed by atoms with van der Waals surface area (Å²) in [5, 5.41) is 9.16. The van der Waals surface area contributed by atoms with Crippen molar-refractivity contribution >= 4 is 17.9 Å². The Hall–Kier alpha value is -3.15. The minimum Gasteiger partial charge on any atom is -0.478 e. The molecule has 25 heavy (non-hydrogen) atoms. The summed E-state index contributed by atoms with van der Waals surface area (Å²) < 4.78 is 9.88. The topological polar surface area (TPSA) is 89.9 Å². The van der Waals surface area contributed by atoms with Gasteiger partial charge < -0.3 is 14.6 Å². The lowest BCUT2D eigenvalue weighted by atomic mass is 10.1. The maximum atomic E-state index is 12.0. The normalized spacial score (nSPS) is 11.4. The zero-order valence-electron chi connectivity index (χ0n) is 13.9. The molecule has 0 saturated carbocycles. The predicted octanol–water partition coefficient (Wildman–Crippen LogP) is 2.77. The molecule has 1 unspecified atom stereocenters. The molecule has 0 bridgehead atoms. The van der Waals surface area contributed by atoms with E-state index < -0.39 is 30.6 Å². The first-order valence-corrected chi connectivity index (χ1v) is 7.61. The van der Waals surface area contributed by atoms with Crippen molar-refractivity contribution in [1.82, 2.24) is 0 Å². The average Bonchev–Trinajstić information content (AvgIpc) is 2.59. The van der Waals surface area contributed by atoms with E-state index in [2.05, 4.69) is 0 Å². The number of ether oxygens (including phenoxy) is 2. The first-order chi connectivity index (χ1) is 11.9. The third-order valence-corrected chi connectivity index (χ3v) is 3.47. The third-order valence-electron chi connectivity index (χ3n) is 3.47. The van der Waals surface area contributed by atoms with Crippen molar-refractivity contribution in [3.8, 4) is 0 Å². The van der Waals surface area contributed by atoms with Crippen LogP contribution in [-0.2, 0) is 14.3 Å². The van der Waals surface area contributed by atoms with Gasteiger partial charge in [0, 0.05) is 0 Å². The number of carboxylic acids is 1. The molecular formula is C19H18O6. The van der Waals surface area contributed by atoms with Crippen LogP contribution in [0.3, 0.4) is 0 Å². The van der Waals surface area contributed by atoms with Crippen LogP contribution < -0.4 is 0 Å². The zero-order valence-corrected chi connectivity index (χ0v) is 13.9. The molecule has 2 aromatic rings. The fourth-order valence-corrected chi connectivity index (χ4v) is 1.97. The molecule has 6 nitrogen and oxygen atoms in total. The second-order valence-electron chi connectivity index (χ2n) is 5.56. The Balaban J connectivity index is 1.97. The van der Waals surface area contributed by atoms with E-state index in [0.717, 1.165) is 11.1 Å². The Morgan fingerprint density at radius 2 is 1.28 bits per heavy atom. The predicted molar refractivity (Wildman–Crippen MR) is 89.5 cm³/mol. The lowest BCUT2D eigenvalue weighted by Gasteiger charge is -2.14. The van der Waals surface area contributed by atoms with Gasteiger partial charge in [0.25, 0.3) is 0 Å². The Morgan fingerprint density at radius 1 is 0.840 bits per heavy atom. The highest BCUT2D eigenvalue weighted by molar-refractivity contribution is 5.92. The maximum Gasteiger partial charge on any atom is 0.348 e. The van der Waals surface area contributed by atoms with Gasteiger partial charge in [-0.1, -0.05) is 35.4 Å². The molecule has 1 N–H and O–H groups in total. The molecule has 2 aromatic carbocycles. The van der Waals surface area contributed by atoms with E-state index in [1.165, 1.54) is 12.1 Å². The molecule has 0 amide bonds. The summed E-state index contributed by atoms with van der Waals surface area (Å²) in [7, 11) is 0. The van der Waals surface area contributed by atoms with Crippen molar-refractivity contribution in [2.75, 3.05) is 6.61 Å². The molecule has 0 radical (unpaired) electrons. The molecule has 0 aliphatic carbocycles. The SMILES string of the molecule is Cc1ccc(C(=O)OCC(OC(=O)c2ccc(C)cc2)C(=O)O)cc1. The van der Waals surface area contributed by atoms with E-state index in [1.807, 2.05) is 13.8 Å². The molecule has 1 atom stereocenters. The smallest absolute Gasteiger partial charge is 0.348 e. The van der Waals surface area contributed by atoms with Crippen LogP contribution in [0.4, 0.5) is 0 Å². The summed E-state index contributed by atoms with van der Waals surface area (Å²) in [6.45, 7) is 3.17. The maximum absolute atomic E-state index is 12.0. The molecular weight excluding hydrogens is 324 g/mol. The van der Waals surface area contributed by atoms with Crippen molar-refractivity contribution in [3.05, 3.63) is 70.8 Å². The van der Waals surface area contributed by atoms with Crippen molar-refractivity contribution in [2.24, 2.45) is 0 Å². The van der Waals surface area contributed by atoms with E-state index in [0.29, 0.717) is 5.56 Å². The number of carboxylic acid groups (broad SMARTS) is 1. The second-order valence-corrected chi connectivity index (χ2v) is 5.56. The van der Waals surface area contributed by atoms with Crippen LogP contribution in [0, 0.1) is 13.8 Å². The summed E-state index contributed by atoms with van der Waals surface area (Å²) in [6, 6.07) is 13.1. The van der Waals surface area contributed by atoms with Crippen LogP contribution in [0.25, 0.3) is 0 Å². The first-order valence-electron chi connectivity index (χ1n) is 7.61. The molecule has 0 spiro atoms.